The van der Waals surface area contributed by atoms with E-state index in [-0.39, 0.29) is 12.5 Å². The molecule has 1 aliphatic carbocycles. The van der Waals surface area contributed by atoms with E-state index in [1.54, 1.807) is 23.9 Å². The average molecular weight is 265 g/mol. The molecule has 1 amide bonds. The number of nitrogens with two attached hydrogens (primary N) is 1. The first-order valence-electron chi connectivity index (χ1n) is 6.81. The van der Waals surface area contributed by atoms with Gasteiger partial charge in [0.15, 0.2) is 0 Å². The minimum atomic E-state index is -0.470. The van der Waals surface area contributed by atoms with E-state index < -0.39 is 5.54 Å². The Labute approximate surface area is 113 Å². The largest absolute Gasteiger partial charge is 0.397 e. The van der Waals surface area contributed by atoms with Gasteiger partial charge in [0.25, 0.3) is 5.91 Å². The zero-order valence-corrected chi connectivity index (χ0v) is 11.6. The van der Waals surface area contributed by atoms with Crippen LogP contribution >= 0.6 is 0 Å². The van der Waals surface area contributed by atoms with E-state index >= 15 is 0 Å². The molecule has 19 heavy (non-hydrogen) atoms. The summed E-state index contributed by atoms with van der Waals surface area (Å²) < 4.78 is 1.71. The van der Waals surface area contributed by atoms with Gasteiger partial charge in [0.05, 0.1) is 17.8 Å². The molecule has 0 radical (unpaired) electrons. The summed E-state index contributed by atoms with van der Waals surface area (Å²) in [7, 11) is 1.79. The second kappa shape index (κ2) is 5.25. The highest BCUT2D eigenvalue weighted by Gasteiger charge is 2.35. The molecule has 0 aliphatic heterocycles. The van der Waals surface area contributed by atoms with Crippen LogP contribution in [-0.4, -0.2) is 27.7 Å². The van der Waals surface area contributed by atoms with Gasteiger partial charge in [-0.2, -0.15) is 0 Å². The normalized spacial score (nSPS) is 27.2. The fraction of sp³-hybridized carbons (Fsp3) is 0.643. The molecular weight excluding hydrogens is 242 g/mol. The summed E-state index contributed by atoms with van der Waals surface area (Å²) in [6, 6.07) is 1.66. The Morgan fingerprint density at radius 3 is 2.68 bits per heavy atom. The van der Waals surface area contributed by atoms with Gasteiger partial charge in [-0.1, -0.05) is 6.92 Å². The number of carbonyl (C=O) groups is 1. The van der Waals surface area contributed by atoms with Crippen LogP contribution in [0.4, 0.5) is 5.69 Å². The van der Waals surface area contributed by atoms with Gasteiger partial charge in [-0.15, -0.1) is 0 Å². The lowest BCUT2D eigenvalue weighted by molar-refractivity contribution is 0.0710. The third-order valence-electron chi connectivity index (χ3n) is 4.17. The highest BCUT2D eigenvalue weighted by molar-refractivity contribution is 5.94. The Bertz CT molecular complexity index is 459. The first-order chi connectivity index (χ1) is 8.96. The number of nitrogens with zero attached hydrogens (tertiary/aromatic N) is 1. The highest BCUT2D eigenvalue weighted by atomic mass is 16.3. The molecule has 1 aromatic heterocycles. The molecular formula is C14H23N3O2. The Kier molecular flexibility index (Phi) is 3.85. The number of nitrogens with one attached hydrogen (secondary N) is 1. The smallest absolute Gasteiger partial charge is 0.268 e. The summed E-state index contributed by atoms with van der Waals surface area (Å²) in [5.41, 5.74) is 6.32. The lowest BCUT2D eigenvalue weighted by atomic mass is 9.77. The molecule has 1 aromatic rings. The quantitative estimate of drug-likeness (QED) is 0.770. The van der Waals surface area contributed by atoms with Gasteiger partial charge >= 0.3 is 0 Å². The van der Waals surface area contributed by atoms with Crippen LogP contribution in [0.5, 0.6) is 0 Å². The number of aromatic nitrogens is 1. The van der Waals surface area contributed by atoms with Crippen molar-refractivity contribution in [2.75, 3.05) is 12.3 Å². The number of hydrogen-bond donors (Lipinski definition) is 3. The highest BCUT2D eigenvalue weighted by Crippen LogP contribution is 2.31. The number of amides is 1. The number of hydrogen-bond acceptors (Lipinski definition) is 3. The van der Waals surface area contributed by atoms with Crippen LogP contribution in [0.1, 0.15) is 43.1 Å². The minimum Gasteiger partial charge on any atom is -0.397 e. The fourth-order valence-corrected chi connectivity index (χ4v) is 2.76. The van der Waals surface area contributed by atoms with Crippen LogP contribution < -0.4 is 11.1 Å². The predicted molar refractivity (Wildman–Crippen MR) is 74.7 cm³/mol. The van der Waals surface area contributed by atoms with E-state index in [1.165, 1.54) is 0 Å². The number of aliphatic hydroxyl groups is 1. The maximum absolute atomic E-state index is 12.3. The second-order valence-electron chi connectivity index (χ2n) is 5.84. The molecule has 106 valence electrons. The predicted octanol–water partition coefficient (Wildman–Crippen LogP) is 1.28. The molecule has 2 rings (SSSR count). The number of anilines is 1. The summed E-state index contributed by atoms with van der Waals surface area (Å²) in [5, 5.41) is 12.7. The van der Waals surface area contributed by atoms with Crippen LogP contribution in [-0.2, 0) is 7.05 Å². The van der Waals surface area contributed by atoms with Crippen molar-refractivity contribution in [3.63, 3.8) is 0 Å². The lowest BCUT2D eigenvalue weighted by Gasteiger charge is -2.38. The molecule has 5 nitrogen and oxygen atoms in total. The van der Waals surface area contributed by atoms with Crippen LogP contribution in [0.15, 0.2) is 12.3 Å². The van der Waals surface area contributed by atoms with Crippen molar-refractivity contribution in [3.8, 4) is 0 Å². The fourth-order valence-electron chi connectivity index (χ4n) is 2.76. The molecule has 0 unspecified atom stereocenters. The summed E-state index contributed by atoms with van der Waals surface area (Å²) in [5.74, 6) is 0.505. The molecule has 1 saturated carbocycles. The second-order valence-corrected chi connectivity index (χ2v) is 5.84. The van der Waals surface area contributed by atoms with E-state index in [9.17, 15) is 9.90 Å². The molecule has 4 N–H and O–H groups in total. The molecule has 0 aromatic carbocycles. The molecule has 1 heterocycles. The maximum Gasteiger partial charge on any atom is 0.268 e. The SMILES string of the molecule is CC1CCC(CO)(NC(=O)c2cc(N)cn2C)CC1. The zero-order valence-electron chi connectivity index (χ0n) is 11.6. The van der Waals surface area contributed by atoms with Gasteiger partial charge < -0.3 is 20.7 Å². The maximum atomic E-state index is 12.3. The molecule has 0 spiro atoms. The van der Waals surface area contributed by atoms with Gasteiger partial charge in [0, 0.05) is 13.2 Å². The third kappa shape index (κ3) is 2.92. The van der Waals surface area contributed by atoms with Gasteiger partial charge in [-0.25, -0.2) is 0 Å². The van der Waals surface area contributed by atoms with Gasteiger partial charge in [0.2, 0.25) is 0 Å². The topological polar surface area (TPSA) is 80.3 Å². The summed E-state index contributed by atoms with van der Waals surface area (Å²) in [6.07, 6.45) is 5.45. The zero-order chi connectivity index (χ0) is 14.0. The number of rotatable bonds is 3. The average Bonchev–Trinajstić information content (AvgIpc) is 2.72. The van der Waals surface area contributed by atoms with E-state index in [1.807, 2.05) is 0 Å². The number of carbonyl (C=O) groups excluding carboxylic acids is 1. The van der Waals surface area contributed by atoms with Gasteiger partial charge in [-0.05, 0) is 37.7 Å². The Morgan fingerprint density at radius 2 is 2.21 bits per heavy atom. The van der Waals surface area contributed by atoms with Crippen LogP contribution in [0, 0.1) is 5.92 Å². The first-order valence-corrected chi connectivity index (χ1v) is 6.81. The van der Waals surface area contributed by atoms with Gasteiger partial charge in [-0.3, -0.25) is 4.79 Å². The monoisotopic (exact) mass is 265 g/mol. The number of aryl methyl sites for hydroxylation is 1. The summed E-state index contributed by atoms with van der Waals surface area (Å²) in [4.78, 5) is 12.3. The van der Waals surface area contributed by atoms with Crippen molar-refractivity contribution in [1.82, 2.24) is 9.88 Å². The Balaban J connectivity index is 2.10. The van der Waals surface area contributed by atoms with Crippen molar-refractivity contribution in [2.45, 2.75) is 38.1 Å². The first kappa shape index (κ1) is 13.9. The number of aliphatic hydroxyl groups excluding tert-OH is 1. The van der Waals surface area contributed by atoms with Crippen LogP contribution in [0.2, 0.25) is 0 Å². The third-order valence-corrected chi connectivity index (χ3v) is 4.17. The standard InChI is InChI=1S/C14H23N3O2/c1-10-3-5-14(9-18,6-4-10)16-13(19)12-7-11(15)8-17(12)2/h7-8,10,18H,3-6,9,15H2,1-2H3,(H,16,19). The van der Waals surface area contributed by atoms with Gasteiger partial charge in [0.1, 0.15) is 5.69 Å². The molecule has 1 aliphatic rings. The van der Waals surface area contributed by atoms with E-state index in [0.29, 0.717) is 17.3 Å². The van der Waals surface area contributed by atoms with Crippen molar-refractivity contribution in [2.24, 2.45) is 13.0 Å². The summed E-state index contributed by atoms with van der Waals surface area (Å²) >= 11 is 0. The molecule has 0 saturated heterocycles. The molecule has 0 bridgehead atoms. The van der Waals surface area contributed by atoms with E-state index in [2.05, 4.69) is 12.2 Å². The lowest BCUT2D eigenvalue weighted by Crippen LogP contribution is -2.53. The van der Waals surface area contributed by atoms with Crippen LogP contribution in [0.3, 0.4) is 0 Å². The molecule has 5 heteroatoms. The minimum absolute atomic E-state index is 0.00857. The van der Waals surface area contributed by atoms with Crippen molar-refractivity contribution in [3.05, 3.63) is 18.0 Å². The Hall–Kier alpha value is -1.49. The summed E-state index contributed by atoms with van der Waals surface area (Å²) in [6.45, 7) is 2.20. The van der Waals surface area contributed by atoms with E-state index in [0.717, 1.165) is 25.7 Å². The van der Waals surface area contributed by atoms with Crippen molar-refractivity contribution >= 4 is 11.6 Å². The van der Waals surface area contributed by atoms with E-state index in [4.69, 9.17) is 5.73 Å². The molecule has 1 fully saturated rings. The molecule has 0 atom stereocenters. The van der Waals surface area contributed by atoms with Crippen molar-refractivity contribution in [1.29, 1.82) is 0 Å². The number of nitrogen functional groups attached to an aromatic ring is 1. The van der Waals surface area contributed by atoms with Crippen LogP contribution in [0.25, 0.3) is 0 Å². The van der Waals surface area contributed by atoms with Crippen molar-refractivity contribution < 1.29 is 9.90 Å². The Morgan fingerprint density at radius 1 is 1.58 bits per heavy atom.